The number of hydrogen-bond donors (Lipinski definition) is 0. The van der Waals surface area contributed by atoms with E-state index < -0.39 is 0 Å². The van der Waals surface area contributed by atoms with Crippen molar-refractivity contribution in [3.63, 3.8) is 0 Å². The standard InChI is InChI=1S/C19H21FN2O2/c20-17-5-2-1-4-14(17)13-21-7-9-22(10-8-21)19(23)16-12-15(16)18-6-3-11-24-18/h1-6,11,15-16H,7-10,12-13H2. The Morgan fingerprint density at radius 2 is 1.92 bits per heavy atom. The number of amides is 1. The Morgan fingerprint density at radius 1 is 1.12 bits per heavy atom. The van der Waals surface area contributed by atoms with Gasteiger partial charge >= 0.3 is 0 Å². The van der Waals surface area contributed by atoms with Crippen molar-refractivity contribution in [1.82, 2.24) is 9.80 Å². The molecule has 1 aliphatic carbocycles. The summed E-state index contributed by atoms with van der Waals surface area (Å²) in [7, 11) is 0. The molecule has 0 radical (unpaired) electrons. The maximum atomic E-state index is 13.7. The summed E-state index contributed by atoms with van der Waals surface area (Å²) in [6, 6.07) is 10.7. The minimum Gasteiger partial charge on any atom is -0.469 e. The van der Waals surface area contributed by atoms with Gasteiger partial charge in [-0.2, -0.15) is 0 Å². The summed E-state index contributed by atoms with van der Waals surface area (Å²) in [5.74, 6) is 1.34. The molecule has 2 aromatic rings. The predicted octanol–water partition coefficient (Wildman–Crippen LogP) is 2.87. The van der Waals surface area contributed by atoms with Crippen LogP contribution in [0.1, 0.15) is 23.7 Å². The van der Waals surface area contributed by atoms with Gasteiger partial charge in [0.2, 0.25) is 5.91 Å². The monoisotopic (exact) mass is 328 g/mol. The van der Waals surface area contributed by atoms with Crippen LogP contribution in [0.15, 0.2) is 47.1 Å². The Balaban J connectivity index is 1.29. The second-order valence-electron chi connectivity index (χ2n) is 6.66. The van der Waals surface area contributed by atoms with Crippen LogP contribution >= 0.6 is 0 Å². The molecule has 4 nitrogen and oxygen atoms in total. The van der Waals surface area contributed by atoms with Crippen LogP contribution in [0.25, 0.3) is 0 Å². The number of rotatable bonds is 4. The zero-order valence-electron chi connectivity index (χ0n) is 13.5. The van der Waals surface area contributed by atoms with Gasteiger partial charge in [0, 0.05) is 50.1 Å². The molecule has 24 heavy (non-hydrogen) atoms. The van der Waals surface area contributed by atoms with E-state index in [4.69, 9.17) is 4.42 Å². The van der Waals surface area contributed by atoms with Crippen LogP contribution in [-0.4, -0.2) is 41.9 Å². The van der Waals surface area contributed by atoms with Crippen molar-refractivity contribution in [2.45, 2.75) is 18.9 Å². The molecule has 2 unspecified atom stereocenters. The van der Waals surface area contributed by atoms with Crippen molar-refractivity contribution in [2.24, 2.45) is 5.92 Å². The molecule has 0 N–H and O–H groups in total. The summed E-state index contributed by atoms with van der Waals surface area (Å²) in [5, 5.41) is 0. The maximum absolute atomic E-state index is 13.7. The lowest BCUT2D eigenvalue weighted by Gasteiger charge is -2.35. The molecule has 1 saturated heterocycles. The fraction of sp³-hybridized carbons (Fsp3) is 0.421. The second kappa shape index (κ2) is 6.40. The molecule has 1 aromatic carbocycles. The molecule has 2 atom stereocenters. The van der Waals surface area contributed by atoms with E-state index >= 15 is 0 Å². The van der Waals surface area contributed by atoms with Crippen LogP contribution in [0.4, 0.5) is 4.39 Å². The van der Waals surface area contributed by atoms with Gasteiger partial charge in [0.1, 0.15) is 11.6 Å². The van der Waals surface area contributed by atoms with Crippen LogP contribution in [0.5, 0.6) is 0 Å². The number of benzene rings is 1. The highest BCUT2D eigenvalue weighted by atomic mass is 19.1. The topological polar surface area (TPSA) is 36.7 Å². The van der Waals surface area contributed by atoms with E-state index in [9.17, 15) is 9.18 Å². The minimum atomic E-state index is -0.157. The first-order valence-corrected chi connectivity index (χ1v) is 8.50. The number of hydrogen-bond acceptors (Lipinski definition) is 3. The van der Waals surface area contributed by atoms with Gasteiger partial charge in [-0.25, -0.2) is 4.39 Å². The molecule has 1 amide bonds. The van der Waals surface area contributed by atoms with Gasteiger partial charge in [-0.15, -0.1) is 0 Å². The Kier molecular flexibility index (Phi) is 4.10. The summed E-state index contributed by atoms with van der Waals surface area (Å²) in [6.45, 7) is 3.62. The third-order valence-corrected chi connectivity index (χ3v) is 5.05. The number of halogens is 1. The number of nitrogens with zero attached hydrogens (tertiary/aromatic N) is 2. The average Bonchev–Trinajstić information content (AvgIpc) is 3.22. The van der Waals surface area contributed by atoms with E-state index in [1.165, 1.54) is 6.07 Å². The van der Waals surface area contributed by atoms with Gasteiger partial charge in [0.25, 0.3) is 0 Å². The van der Waals surface area contributed by atoms with E-state index in [0.717, 1.165) is 30.8 Å². The van der Waals surface area contributed by atoms with Crippen molar-refractivity contribution < 1.29 is 13.6 Å². The van der Waals surface area contributed by atoms with Crippen molar-refractivity contribution in [3.05, 3.63) is 59.8 Å². The molecular weight excluding hydrogens is 307 g/mol. The Hall–Kier alpha value is -2.14. The molecule has 126 valence electrons. The predicted molar refractivity (Wildman–Crippen MR) is 87.8 cm³/mol. The van der Waals surface area contributed by atoms with Crippen LogP contribution in [0, 0.1) is 11.7 Å². The fourth-order valence-corrected chi connectivity index (χ4v) is 3.51. The summed E-state index contributed by atoms with van der Waals surface area (Å²) in [4.78, 5) is 16.7. The highest BCUT2D eigenvalue weighted by Crippen LogP contribution is 2.48. The molecular formula is C19H21FN2O2. The second-order valence-corrected chi connectivity index (χ2v) is 6.66. The molecule has 4 rings (SSSR count). The molecule has 2 aliphatic rings. The van der Waals surface area contributed by atoms with E-state index in [1.807, 2.05) is 29.2 Å². The average molecular weight is 328 g/mol. The van der Waals surface area contributed by atoms with Gasteiger partial charge in [0.05, 0.1) is 6.26 Å². The largest absolute Gasteiger partial charge is 0.469 e. The minimum absolute atomic E-state index is 0.0780. The quantitative estimate of drug-likeness (QED) is 0.866. The highest BCUT2D eigenvalue weighted by molar-refractivity contribution is 5.83. The van der Waals surface area contributed by atoms with Crippen LogP contribution in [0.3, 0.4) is 0 Å². The lowest BCUT2D eigenvalue weighted by molar-refractivity contribution is -0.134. The van der Waals surface area contributed by atoms with E-state index in [-0.39, 0.29) is 23.6 Å². The molecule has 1 aliphatic heterocycles. The Morgan fingerprint density at radius 3 is 2.62 bits per heavy atom. The van der Waals surface area contributed by atoms with Gasteiger partial charge < -0.3 is 9.32 Å². The summed E-state index contributed by atoms with van der Waals surface area (Å²) < 4.78 is 19.1. The van der Waals surface area contributed by atoms with E-state index in [2.05, 4.69) is 4.90 Å². The molecule has 1 aromatic heterocycles. The van der Waals surface area contributed by atoms with E-state index in [0.29, 0.717) is 19.6 Å². The van der Waals surface area contributed by atoms with Crippen LogP contribution < -0.4 is 0 Å². The van der Waals surface area contributed by atoms with Gasteiger partial charge in [0.15, 0.2) is 0 Å². The number of carbonyl (C=O) groups excluding carboxylic acids is 1. The van der Waals surface area contributed by atoms with Crippen molar-refractivity contribution in [3.8, 4) is 0 Å². The van der Waals surface area contributed by atoms with Gasteiger partial charge in [-0.1, -0.05) is 18.2 Å². The summed E-state index contributed by atoms with van der Waals surface area (Å²) >= 11 is 0. The molecule has 0 spiro atoms. The molecule has 5 heteroatoms. The lowest BCUT2D eigenvalue weighted by atomic mass is 10.1. The highest BCUT2D eigenvalue weighted by Gasteiger charge is 2.47. The first-order valence-electron chi connectivity index (χ1n) is 8.50. The first-order chi connectivity index (χ1) is 11.7. The van der Waals surface area contributed by atoms with Crippen LogP contribution in [0.2, 0.25) is 0 Å². The Bertz CT molecular complexity index is 708. The smallest absolute Gasteiger partial charge is 0.226 e. The zero-order chi connectivity index (χ0) is 16.5. The normalized spacial score (nSPS) is 24.1. The third kappa shape index (κ3) is 3.08. The molecule has 2 heterocycles. The zero-order valence-corrected chi connectivity index (χ0v) is 13.5. The van der Waals surface area contributed by atoms with Crippen molar-refractivity contribution >= 4 is 5.91 Å². The first kappa shape index (κ1) is 15.4. The number of furan rings is 1. The number of carbonyl (C=O) groups is 1. The van der Waals surface area contributed by atoms with Gasteiger partial charge in [-0.3, -0.25) is 9.69 Å². The lowest BCUT2D eigenvalue weighted by Crippen LogP contribution is -2.48. The van der Waals surface area contributed by atoms with Crippen LogP contribution in [-0.2, 0) is 11.3 Å². The van der Waals surface area contributed by atoms with Crippen molar-refractivity contribution in [2.75, 3.05) is 26.2 Å². The SMILES string of the molecule is O=C(C1CC1c1ccco1)N1CCN(Cc2ccccc2F)CC1. The fourth-order valence-electron chi connectivity index (χ4n) is 3.51. The van der Waals surface area contributed by atoms with Gasteiger partial charge in [-0.05, 0) is 24.6 Å². The Labute approximate surface area is 140 Å². The summed E-state index contributed by atoms with van der Waals surface area (Å²) in [5.41, 5.74) is 0.720. The summed E-state index contributed by atoms with van der Waals surface area (Å²) in [6.07, 6.45) is 2.55. The molecule has 0 bridgehead atoms. The van der Waals surface area contributed by atoms with E-state index in [1.54, 1.807) is 12.3 Å². The third-order valence-electron chi connectivity index (χ3n) is 5.05. The number of piperazine rings is 1. The maximum Gasteiger partial charge on any atom is 0.226 e. The van der Waals surface area contributed by atoms with Crippen molar-refractivity contribution in [1.29, 1.82) is 0 Å². The molecule has 2 fully saturated rings. The molecule has 1 saturated carbocycles.